The van der Waals surface area contributed by atoms with Gasteiger partial charge in [0.1, 0.15) is 36.0 Å². The highest BCUT2D eigenvalue weighted by Gasteiger charge is 2.50. The molecule has 3 atom stereocenters. The molecule has 8 rings (SSSR count). The first-order valence-electron chi connectivity index (χ1n) is 15.2. The Labute approximate surface area is 265 Å². The largest absolute Gasteiger partial charge is 0.489 e. The molecule has 0 saturated carbocycles. The first-order valence-corrected chi connectivity index (χ1v) is 15.6. The van der Waals surface area contributed by atoms with Gasteiger partial charge in [-0.3, -0.25) is 4.90 Å². The average Bonchev–Trinajstić information content (AvgIpc) is 3.70. The van der Waals surface area contributed by atoms with Gasteiger partial charge in [-0.2, -0.15) is 15.2 Å². The van der Waals surface area contributed by atoms with Crippen molar-refractivity contribution in [3.05, 3.63) is 45.6 Å². The summed E-state index contributed by atoms with van der Waals surface area (Å²) < 4.78 is 87.5. The zero-order valence-corrected chi connectivity index (χ0v) is 25.2. The molecule has 8 nitrogen and oxygen atoms in total. The number of hydrogen-bond acceptors (Lipinski definition) is 8. The molecule has 3 saturated heterocycles. The van der Waals surface area contributed by atoms with E-state index in [1.807, 2.05) is 6.07 Å². The molecule has 14 heteroatoms. The van der Waals surface area contributed by atoms with Gasteiger partial charge in [-0.1, -0.05) is 17.7 Å². The highest BCUT2D eigenvalue weighted by molar-refractivity contribution is 6.37. The van der Waals surface area contributed by atoms with Gasteiger partial charge in [0.05, 0.1) is 35.2 Å². The summed E-state index contributed by atoms with van der Waals surface area (Å²) in [6.45, 7) is 0.410. The maximum absolute atomic E-state index is 16.9. The van der Waals surface area contributed by atoms with Crippen molar-refractivity contribution in [2.24, 2.45) is 5.73 Å². The van der Waals surface area contributed by atoms with Crippen LogP contribution in [0.4, 0.5) is 27.8 Å². The minimum atomic E-state index is -3.04. The van der Waals surface area contributed by atoms with E-state index in [1.54, 1.807) is 0 Å². The maximum atomic E-state index is 16.9. The molecular weight excluding hydrogens is 631 g/mol. The Kier molecular flexibility index (Phi) is 6.61. The number of allylic oxidation sites excluding steroid dienone is 2. The number of halogens is 6. The Hall–Kier alpha value is -3.89. The van der Waals surface area contributed by atoms with Crippen molar-refractivity contribution in [2.45, 2.75) is 62.2 Å². The highest BCUT2D eigenvalue weighted by Crippen LogP contribution is 2.52. The van der Waals surface area contributed by atoms with Crippen molar-refractivity contribution < 1.29 is 31.4 Å². The Morgan fingerprint density at radius 1 is 1.20 bits per heavy atom. The molecule has 5 heterocycles. The van der Waals surface area contributed by atoms with E-state index < -0.39 is 42.7 Å². The van der Waals surface area contributed by atoms with Crippen LogP contribution >= 0.6 is 11.6 Å². The lowest BCUT2D eigenvalue weighted by atomic mass is 9.90. The number of nitrogens with zero attached hydrogens (tertiary/aromatic N) is 5. The summed E-state index contributed by atoms with van der Waals surface area (Å²) in [6.07, 6.45) is 1.19. The minimum absolute atomic E-state index is 0.00133. The molecule has 3 fully saturated rings. The van der Waals surface area contributed by atoms with E-state index >= 15 is 4.39 Å². The lowest BCUT2D eigenvalue weighted by Crippen LogP contribution is -2.39. The lowest BCUT2D eigenvalue weighted by molar-refractivity contribution is 0.0205. The lowest BCUT2D eigenvalue weighted by Gasteiger charge is -2.31. The average molecular weight is 659 g/mol. The van der Waals surface area contributed by atoms with E-state index in [0.29, 0.717) is 19.4 Å². The SMILES string of the molecule is N#CC1=C(N)Cc2c(F)ccc(-c3c(Cl)c4c5c(nc(OCC[C@@]67CCCN6C[C@H](F)C7)nc5c3F)N3CC(F)(F)C[C@H]3CO4)c21. The summed E-state index contributed by atoms with van der Waals surface area (Å²) in [6, 6.07) is 3.41. The Morgan fingerprint density at radius 3 is 2.83 bits per heavy atom. The molecule has 5 aliphatic rings. The zero-order valence-electron chi connectivity index (χ0n) is 24.5. The van der Waals surface area contributed by atoms with E-state index in [0.717, 1.165) is 25.5 Å². The number of nitriles is 1. The first kappa shape index (κ1) is 29.5. The molecule has 240 valence electrons. The van der Waals surface area contributed by atoms with Crippen molar-refractivity contribution in [2.75, 3.05) is 37.7 Å². The molecule has 46 heavy (non-hydrogen) atoms. The predicted molar refractivity (Wildman–Crippen MR) is 160 cm³/mol. The monoisotopic (exact) mass is 658 g/mol. The van der Waals surface area contributed by atoms with Crippen LogP contribution in [0.2, 0.25) is 5.02 Å². The molecule has 2 N–H and O–H groups in total. The molecule has 0 amide bonds. The van der Waals surface area contributed by atoms with Crippen LogP contribution in [0.3, 0.4) is 0 Å². The van der Waals surface area contributed by atoms with Gasteiger partial charge in [0, 0.05) is 53.7 Å². The van der Waals surface area contributed by atoms with Gasteiger partial charge in [-0.25, -0.2) is 22.0 Å². The number of hydrogen-bond donors (Lipinski definition) is 1. The second-order valence-corrected chi connectivity index (χ2v) is 13.2. The summed E-state index contributed by atoms with van der Waals surface area (Å²) >= 11 is 6.87. The third-order valence-corrected chi connectivity index (χ3v) is 10.5. The normalized spacial score (nSPS) is 26.2. The van der Waals surface area contributed by atoms with Gasteiger partial charge in [-0.15, -0.1) is 0 Å². The van der Waals surface area contributed by atoms with Crippen LogP contribution in [0, 0.1) is 23.0 Å². The number of fused-ring (bicyclic) bond motifs is 4. The number of anilines is 1. The fourth-order valence-electron chi connectivity index (χ4n) is 8.15. The molecule has 1 aromatic heterocycles. The van der Waals surface area contributed by atoms with Crippen molar-refractivity contribution >= 4 is 33.9 Å². The van der Waals surface area contributed by atoms with Crippen LogP contribution in [0.5, 0.6) is 11.8 Å². The maximum Gasteiger partial charge on any atom is 0.319 e. The molecule has 4 aliphatic heterocycles. The Bertz CT molecular complexity index is 1900. The quantitative estimate of drug-likeness (QED) is 0.337. The van der Waals surface area contributed by atoms with Crippen LogP contribution in [0.25, 0.3) is 27.6 Å². The molecular formula is C32H28ClF5N6O2. The molecule has 0 radical (unpaired) electrons. The molecule has 0 spiro atoms. The third kappa shape index (κ3) is 4.32. The van der Waals surface area contributed by atoms with E-state index in [-0.39, 0.29) is 92.2 Å². The first-order chi connectivity index (χ1) is 22.0. The number of benzene rings is 2. The summed E-state index contributed by atoms with van der Waals surface area (Å²) in [5.41, 5.74) is 5.74. The molecule has 2 aromatic carbocycles. The van der Waals surface area contributed by atoms with Gasteiger partial charge in [0.25, 0.3) is 5.92 Å². The standard InChI is InChI=1S/C32H28ClF5N6O2/c33-25-23(17-2-3-20(35)18-8-21(40)19(11-39)22(17)18)26(36)27-24-28(25)46-13-16-10-32(37,38)14-44(16)29(24)42-30(41-27)45-7-5-31-4-1-6-43(31)12-15(34)9-31/h2-3,15-16H,1,4-10,12-14,40H2/t15-,16+,31-/m1/s1. The van der Waals surface area contributed by atoms with Gasteiger partial charge >= 0.3 is 6.01 Å². The van der Waals surface area contributed by atoms with E-state index in [2.05, 4.69) is 14.9 Å². The summed E-state index contributed by atoms with van der Waals surface area (Å²) in [4.78, 5) is 12.4. The van der Waals surface area contributed by atoms with Crippen molar-refractivity contribution in [1.82, 2.24) is 14.9 Å². The molecule has 1 aliphatic carbocycles. The van der Waals surface area contributed by atoms with Gasteiger partial charge in [-0.05, 0) is 37.4 Å². The van der Waals surface area contributed by atoms with Gasteiger partial charge in [0.2, 0.25) is 0 Å². The van der Waals surface area contributed by atoms with Crippen LogP contribution in [-0.4, -0.2) is 71.4 Å². The van der Waals surface area contributed by atoms with Crippen LogP contribution < -0.4 is 20.1 Å². The Balaban J connectivity index is 1.28. The molecule has 3 aromatic rings. The highest BCUT2D eigenvalue weighted by atomic mass is 35.5. The van der Waals surface area contributed by atoms with Crippen LogP contribution in [-0.2, 0) is 6.42 Å². The zero-order chi connectivity index (χ0) is 32.1. The van der Waals surface area contributed by atoms with Gasteiger partial charge in [0.15, 0.2) is 11.6 Å². The number of ether oxygens (including phenoxy) is 2. The summed E-state index contributed by atoms with van der Waals surface area (Å²) in [5.74, 6) is -4.62. The second kappa shape index (κ2) is 10.3. The summed E-state index contributed by atoms with van der Waals surface area (Å²) in [7, 11) is 0. The van der Waals surface area contributed by atoms with E-state index in [9.17, 15) is 22.8 Å². The third-order valence-electron chi connectivity index (χ3n) is 10.1. The fourth-order valence-corrected chi connectivity index (χ4v) is 8.49. The van der Waals surface area contributed by atoms with Crippen LogP contribution in [0.1, 0.15) is 43.2 Å². The number of nitrogens with two attached hydrogens (primary N) is 1. The molecule has 0 bridgehead atoms. The predicted octanol–water partition coefficient (Wildman–Crippen LogP) is 5.93. The fraction of sp³-hybridized carbons (Fsp3) is 0.469. The minimum Gasteiger partial charge on any atom is -0.489 e. The van der Waals surface area contributed by atoms with E-state index in [1.165, 1.54) is 11.0 Å². The summed E-state index contributed by atoms with van der Waals surface area (Å²) in [5, 5.41) is 9.66. The van der Waals surface area contributed by atoms with E-state index in [4.69, 9.17) is 26.8 Å². The number of rotatable bonds is 5. The smallest absolute Gasteiger partial charge is 0.319 e. The second-order valence-electron chi connectivity index (χ2n) is 12.8. The Morgan fingerprint density at radius 2 is 2.02 bits per heavy atom. The number of alkyl halides is 3. The van der Waals surface area contributed by atoms with Crippen molar-refractivity contribution in [1.29, 1.82) is 5.26 Å². The van der Waals surface area contributed by atoms with Crippen LogP contribution in [0.15, 0.2) is 17.8 Å². The van der Waals surface area contributed by atoms with Crippen molar-refractivity contribution in [3.8, 4) is 29.0 Å². The van der Waals surface area contributed by atoms with Gasteiger partial charge < -0.3 is 20.1 Å². The molecule has 0 unspecified atom stereocenters. The topological polar surface area (TPSA) is 101 Å². The van der Waals surface area contributed by atoms with Crippen molar-refractivity contribution in [3.63, 3.8) is 0 Å². The number of aromatic nitrogens is 2.